The SMILES string of the molecule is COc1ccc([C@H](NC(=O)c2c(OC)ccc(F)c2F)C2CC(O)C2)cn1. The van der Waals surface area contributed by atoms with E-state index in [1.807, 2.05) is 0 Å². The number of halogens is 2. The number of pyridine rings is 1. The maximum Gasteiger partial charge on any atom is 0.258 e. The molecule has 0 bridgehead atoms. The van der Waals surface area contributed by atoms with Crippen molar-refractivity contribution in [1.82, 2.24) is 10.3 Å². The van der Waals surface area contributed by atoms with Crippen LogP contribution < -0.4 is 14.8 Å². The first-order valence-corrected chi connectivity index (χ1v) is 8.45. The van der Waals surface area contributed by atoms with E-state index in [0.29, 0.717) is 24.3 Å². The van der Waals surface area contributed by atoms with Crippen LogP contribution in [0.2, 0.25) is 0 Å². The van der Waals surface area contributed by atoms with Crippen LogP contribution in [0.3, 0.4) is 0 Å². The van der Waals surface area contributed by atoms with Gasteiger partial charge in [-0.3, -0.25) is 4.79 Å². The van der Waals surface area contributed by atoms with Crippen LogP contribution in [0.1, 0.15) is 34.8 Å². The minimum atomic E-state index is -1.27. The smallest absolute Gasteiger partial charge is 0.258 e. The number of carbonyl (C=O) groups excluding carboxylic acids is 1. The van der Waals surface area contributed by atoms with Gasteiger partial charge in [0, 0.05) is 12.3 Å². The molecule has 0 spiro atoms. The predicted molar refractivity (Wildman–Crippen MR) is 92.6 cm³/mol. The Balaban J connectivity index is 1.90. The number of aliphatic hydroxyl groups is 1. The number of hydrogen-bond acceptors (Lipinski definition) is 5. The van der Waals surface area contributed by atoms with E-state index < -0.39 is 35.3 Å². The van der Waals surface area contributed by atoms with Crippen molar-refractivity contribution in [3.63, 3.8) is 0 Å². The van der Waals surface area contributed by atoms with Crippen LogP contribution in [0, 0.1) is 17.6 Å². The maximum atomic E-state index is 14.2. The van der Waals surface area contributed by atoms with Gasteiger partial charge in [0.25, 0.3) is 5.91 Å². The molecule has 2 N–H and O–H groups in total. The van der Waals surface area contributed by atoms with Gasteiger partial charge in [0.15, 0.2) is 11.6 Å². The minimum absolute atomic E-state index is 0.0539. The molecule has 0 radical (unpaired) electrons. The summed E-state index contributed by atoms with van der Waals surface area (Å²) < 4.78 is 37.9. The largest absolute Gasteiger partial charge is 0.496 e. The molecule has 1 saturated carbocycles. The van der Waals surface area contributed by atoms with E-state index in [4.69, 9.17) is 9.47 Å². The van der Waals surface area contributed by atoms with Crippen molar-refractivity contribution < 1.29 is 28.2 Å². The highest BCUT2D eigenvalue weighted by Crippen LogP contribution is 2.38. The Hall–Kier alpha value is -2.74. The zero-order chi connectivity index (χ0) is 19.6. The number of aliphatic hydroxyl groups excluding tert-OH is 1. The van der Waals surface area contributed by atoms with Gasteiger partial charge in [-0.1, -0.05) is 6.07 Å². The van der Waals surface area contributed by atoms with Gasteiger partial charge in [-0.15, -0.1) is 0 Å². The molecular weight excluding hydrogens is 358 g/mol. The molecule has 1 aromatic carbocycles. The number of ether oxygens (including phenoxy) is 2. The van der Waals surface area contributed by atoms with Gasteiger partial charge >= 0.3 is 0 Å². The molecule has 1 aliphatic rings. The quantitative estimate of drug-likeness (QED) is 0.808. The van der Waals surface area contributed by atoms with Crippen LogP contribution in [0.25, 0.3) is 0 Å². The number of benzene rings is 1. The average molecular weight is 378 g/mol. The van der Waals surface area contributed by atoms with Gasteiger partial charge in [-0.05, 0) is 36.5 Å². The Labute approximate surface area is 155 Å². The Kier molecular flexibility index (Phi) is 5.55. The van der Waals surface area contributed by atoms with Crippen molar-refractivity contribution in [3.05, 3.63) is 53.2 Å². The lowest BCUT2D eigenvalue weighted by atomic mass is 9.75. The first kappa shape index (κ1) is 19.0. The molecular formula is C19H20F2N2O4. The fourth-order valence-corrected chi connectivity index (χ4v) is 3.20. The molecule has 3 rings (SSSR count). The molecule has 6 nitrogen and oxygen atoms in total. The lowest BCUT2D eigenvalue weighted by molar-refractivity contribution is 0.0233. The molecule has 1 amide bonds. The second-order valence-electron chi connectivity index (χ2n) is 6.41. The third kappa shape index (κ3) is 3.85. The highest BCUT2D eigenvalue weighted by atomic mass is 19.2. The summed E-state index contributed by atoms with van der Waals surface area (Å²) in [5, 5.41) is 12.4. The maximum absolute atomic E-state index is 14.2. The molecule has 1 atom stereocenters. The highest BCUT2D eigenvalue weighted by Gasteiger charge is 2.37. The number of carbonyl (C=O) groups is 1. The second kappa shape index (κ2) is 7.87. The second-order valence-corrected chi connectivity index (χ2v) is 6.41. The van der Waals surface area contributed by atoms with E-state index in [0.717, 1.165) is 6.07 Å². The molecule has 8 heteroatoms. The van der Waals surface area contributed by atoms with Crippen molar-refractivity contribution in [2.75, 3.05) is 14.2 Å². The molecule has 0 unspecified atom stereocenters. The van der Waals surface area contributed by atoms with Crippen molar-refractivity contribution in [2.45, 2.75) is 25.0 Å². The summed E-state index contributed by atoms with van der Waals surface area (Å²) in [7, 11) is 2.76. The van der Waals surface area contributed by atoms with E-state index in [1.54, 1.807) is 18.3 Å². The lowest BCUT2D eigenvalue weighted by Gasteiger charge is -2.38. The molecule has 1 aliphatic carbocycles. The van der Waals surface area contributed by atoms with Gasteiger partial charge in [0.1, 0.15) is 11.3 Å². The standard InChI is InChI=1S/C19H20F2N2O4/c1-26-14-5-4-13(20)17(21)16(14)19(25)23-18(11-7-12(24)8-11)10-3-6-15(27-2)22-9-10/h3-6,9,11-12,18,24H,7-8H2,1-2H3,(H,23,25)/t11?,12?,18-/m0/s1. The number of nitrogens with one attached hydrogen (secondary N) is 1. The summed E-state index contributed by atoms with van der Waals surface area (Å²) in [4.78, 5) is 16.9. The topological polar surface area (TPSA) is 80.7 Å². The number of aromatic nitrogens is 1. The zero-order valence-corrected chi connectivity index (χ0v) is 14.9. The first-order chi connectivity index (χ1) is 12.9. The van der Waals surface area contributed by atoms with Crippen molar-refractivity contribution in [1.29, 1.82) is 0 Å². The fraction of sp³-hybridized carbons (Fsp3) is 0.368. The number of methoxy groups -OCH3 is 2. The molecule has 1 aromatic heterocycles. The molecule has 0 saturated heterocycles. The van der Waals surface area contributed by atoms with E-state index in [-0.39, 0.29) is 11.7 Å². The van der Waals surface area contributed by atoms with E-state index in [1.165, 1.54) is 20.3 Å². The number of hydrogen-bond donors (Lipinski definition) is 2. The summed E-state index contributed by atoms with van der Waals surface area (Å²) >= 11 is 0. The summed E-state index contributed by atoms with van der Waals surface area (Å²) in [6.45, 7) is 0. The lowest BCUT2D eigenvalue weighted by Crippen LogP contribution is -2.41. The van der Waals surface area contributed by atoms with Crippen LogP contribution in [0.4, 0.5) is 8.78 Å². The summed E-state index contributed by atoms with van der Waals surface area (Å²) in [5.74, 6) is -2.91. The first-order valence-electron chi connectivity index (χ1n) is 8.45. The van der Waals surface area contributed by atoms with Crippen LogP contribution in [-0.2, 0) is 0 Å². The Bertz CT molecular complexity index is 823. The number of rotatable bonds is 6. The van der Waals surface area contributed by atoms with Crippen molar-refractivity contribution in [2.24, 2.45) is 5.92 Å². The monoisotopic (exact) mass is 378 g/mol. The van der Waals surface area contributed by atoms with Crippen LogP contribution in [0.15, 0.2) is 30.5 Å². The van der Waals surface area contributed by atoms with Crippen molar-refractivity contribution in [3.8, 4) is 11.6 Å². The normalized spacial score (nSPS) is 19.7. The third-order valence-corrected chi connectivity index (χ3v) is 4.74. The number of nitrogens with zero attached hydrogens (tertiary/aromatic N) is 1. The Morgan fingerprint density at radius 3 is 2.52 bits per heavy atom. The zero-order valence-electron chi connectivity index (χ0n) is 14.9. The van der Waals surface area contributed by atoms with Gasteiger partial charge in [0.05, 0.1) is 26.4 Å². The van der Waals surface area contributed by atoms with Crippen LogP contribution in [-0.4, -0.2) is 36.3 Å². The Morgan fingerprint density at radius 1 is 1.22 bits per heavy atom. The highest BCUT2D eigenvalue weighted by molar-refractivity contribution is 5.97. The summed E-state index contributed by atoms with van der Waals surface area (Å²) in [5.41, 5.74) is 0.181. The summed E-state index contributed by atoms with van der Waals surface area (Å²) in [6.07, 6.45) is 2.08. The minimum Gasteiger partial charge on any atom is -0.496 e. The van der Waals surface area contributed by atoms with E-state index in [2.05, 4.69) is 10.3 Å². The molecule has 2 aromatic rings. The Morgan fingerprint density at radius 2 is 1.96 bits per heavy atom. The average Bonchev–Trinajstić information content (AvgIpc) is 2.65. The van der Waals surface area contributed by atoms with E-state index >= 15 is 0 Å². The molecule has 0 aliphatic heterocycles. The van der Waals surface area contributed by atoms with Crippen molar-refractivity contribution >= 4 is 5.91 Å². The van der Waals surface area contributed by atoms with E-state index in [9.17, 15) is 18.7 Å². The summed E-state index contributed by atoms with van der Waals surface area (Å²) in [6, 6.07) is 4.96. The molecule has 1 heterocycles. The number of amides is 1. The van der Waals surface area contributed by atoms with Gasteiger partial charge < -0.3 is 19.9 Å². The van der Waals surface area contributed by atoms with Gasteiger partial charge in [0.2, 0.25) is 5.88 Å². The van der Waals surface area contributed by atoms with Gasteiger partial charge in [-0.25, -0.2) is 13.8 Å². The van der Waals surface area contributed by atoms with Crippen LogP contribution >= 0.6 is 0 Å². The van der Waals surface area contributed by atoms with Crippen LogP contribution in [0.5, 0.6) is 11.6 Å². The molecule has 144 valence electrons. The predicted octanol–water partition coefficient (Wildman–Crippen LogP) is 2.62. The molecule has 1 fully saturated rings. The van der Waals surface area contributed by atoms with Gasteiger partial charge in [-0.2, -0.15) is 0 Å². The molecule has 27 heavy (non-hydrogen) atoms. The third-order valence-electron chi connectivity index (χ3n) is 4.74. The fourth-order valence-electron chi connectivity index (χ4n) is 3.20.